The molecule has 1 unspecified atom stereocenters. The number of nitrogens with one attached hydrogen (secondary N) is 2. The lowest BCUT2D eigenvalue weighted by Crippen LogP contribution is -2.34. The lowest BCUT2D eigenvalue weighted by atomic mass is 9.90. The Labute approximate surface area is 149 Å². The van der Waals surface area contributed by atoms with Crippen molar-refractivity contribution >= 4 is 23.2 Å². The third-order valence-corrected chi connectivity index (χ3v) is 5.40. The normalized spacial score (nSPS) is 16.2. The Morgan fingerprint density at radius 2 is 2.24 bits per heavy atom. The molecule has 0 spiro atoms. The quantitative estimate of drug-likeness (QED) is 0.735. The highest BCUT2D eigenvalue weighted by atomic mass is 32.1. The van der Waals surface area contributed by atoms with E-state index in [0.29, 0.717) is 6.42 Å². The summed E-state index contributed by atoms with van der Waals surface area (Å²) in [5.74, 6) is -0.767. The van der Waals surface area contributed by atoms with Crippen LogP contribution in [0.1, 0.15) is 58.2 Å². The molecule has 3 rings (SSSR count). The van der Waals surface area contributed by atoms with Gasteiger partial charge in [-0.3, -0.25) is 14.4 Å². The van der Waals surface area contributed by atoms with Gasteiger partial charge in [0.25, 0.3) is 11.5 Å². The van der Waals surface area contributed by atoms with E-state index in [1.54, 1.807) is 11.3 Å². The maximum atomic E-state index is 12.3. The number of amides is 2. The standard InChI is InChI=1S/C18H21N3O3S/c19-17(23)13-10-12-14(6-2-7-15(12)21-18(13)24)20-16(22)8-1-4-11-5-3-9-25-11/h3,5,9-10,14H,1-2,4,6-8H2,(H2,19,23)(H,20,22)(H,21,24). The van der Waals surface area contributed by atoms with Crippen molar-refractivity contribution in [3.05, 3.63) is 55.6 Å². The molecule has 1 aliphatic rings. The molecule has 0 bridgehead atoms. The number of carbonyl (C=O) groups excluding carboxylic acids is 2. The van der Waals surface area contributed by atoms with Crippen molar-refractivity contribution in [2.24, 2.45) is 5.73 Å². The first-order chi connectivity index (χ1) is 12.0. The van der Waals surface area contributed by atoms with Crippen LogP contribution < -0.4 is 16.6 Å². The van der Waals surface area contributed by atoms with Gasteiger partial charge in [-0.1, -0.05) is 6.07 Å². The molecule has 0 saturated carbocycles. The summed E-state index contributed by atoms with van der Waals surface area (Å²) in [6.45, 7) is 0. The van der Waals surface area contributed by atoms with E-state index in [4.69, 9.17) is 5.73 Å². The van der Waals surface area contributed by atoms with Crippen LogP contribution in [-0.4, -0.2) is 16.8 Å². The molecule has 0 saturated heterocycles. The topological polar surface area (TPSA) is 105 Å². The van der Waals surface area contributed by atoms with E-state index in [1.165, 1.54) is 10.9 Å². The molecule has 0 aliphatic heterocycles. The average molecular weight is 359 g/mol. The van der Waals surface area contributed by atoms with Crippen molar-refractivity contribution in [1.82, 2.24) is 10.3 Å². The SMILES string of the molecule is NC(=O)c1cc2c([nH]c1=O)CCCC2NC(=O)CCCc1cccs1. The Balaban J connectivity index is 1.65. The second kappa shape index (κ2) is 7.65. The van der Waals surface area contributed by atoms with E-state index in [-0.39, 0.29) is 17.5 Å². The largest absolute Gasteiger partial charge is 0.365 e. The lowest BCUT2D eigenvalue weighted by Gasteiger charge is -2.26. The number of hydrogen-bond acceptors (Lipinski definition) is 4. The minimum atomic E-state index is -0.754. The van der Waals surface area contributed by atoms with Crippen LogP contribution in [0.25, 0.3) is 0 Å². The predicted octanol–water partition coefficient (Wildman–Crippen LogP) is 2.05. The molecular formula is C18H21N3O3S. The molecule has 2 heterocycles. The predicted molar refractivity (Wildman–Crippen MR) is 96.7 cm³/mol. The zero-order valence-corrected chi connectivity index (χ0v) is 14.7. The van der Waals surface area contributed by atoms with Gasteiger partial charge in [0.15, 0.2) is 0 Å². The number of aryl methyl sites for hydroxylation is 2. The maximum Gasteiger partial charge on any atom is 0.261 e. The summed E-state index contributed by atoms with van der Waals surface area (Å²) in [6.07, 6.45) is 4.53. The molecule has 2 amide bonds. The first-order valence-corrected chi connectivity index (χ1v) is 9.30. The van der Waals surface area contributed by atoms with Crippen LogP contribution in [0.3, 0.4) is 0 Å². The summed E-state index contributed by atoms with van der Waals surface area (Å²) < 4.78 is 0. The van der Waals surface area contributed by atoms with Gasteiger partial charge in [0.2, 0.25) is 5.91 Å². The number of aromatic amines is 1. The average Bonchev–Trinajstić information content (AvgIpc) is 3.07. The van der Waals surface area contributed by atoms with E-state index in [1.807, 2.05) is 11.4 Å². The monoisotopic (exact) mass is 359 g/mol. The van der Waals surface area contributed by atoms with Crippen LogP contribution in [0, 0.1) is 0 Å². The Bertz CT molecular complexity index is 827. The van der Waals surface area contributed by atoms with Crippen LogP contribution in [-0.2, 0) is 17.6 Å². The number of thiophene rings is 1. The molecule has 4 N–H and O–H groups in total. The Hall–Kier alpha value is -2.41. The molecule has 0 fully saturated rings. The molecule has 0 aromatic carbocycles. The zero-order valence-electron chi connectivity index (χ0n) is 13.8. The molecule has 132 valence electrons. The van der Waals surface area contributed by atoms with E-state index < -0.39 is 11.5 Å². The van der Waals surface area contributed by atoms with Crippen LogP contribution >= 0.6 is 11.3 Å². The number of primary amides is 1. The molecule has 7 heteroatoms. The highest BCUT2D eigenvalue weighted by Gasteiger charge is 2.24. The molecule has 0 radical (unpaired) electrons. The van der Waals surface area contributed by atoms with Crippen molar-refractivity contribution in [3.63, 3.8) is 0 Å². The van der Waals surface area contributed by atoms with Gasteiger partial charge in [-0.05, 0) is 55.2 Å². The van der Waals surface area contributed by atoms with Crippen molar-refractivity contribution < 1.29 is 9.59 Å². The van der Waals surface area contributed by atoms with Crippen LogP contribution in [0.2, 0.25) is 0 Å². The van der Waals surface area contributed by atoms with Gasteiger partial charge in [0, 0.05) is 17.0 Å². The Kier molecular flexibility index (Phi) is 5.33. The number of fused-ring (bicyclic) bond motifs is 1. The fraction of sp³-hybridized carbons (Fsp3) is 0.389. The van der Waals surface area contributed by atoms with Crippen molar-refractivity contribution in [2.75, 3.05) is 0 Å². The Morgan fingerprint density at radius 3 is 2.96 bits per heavy atom. The van der Waals surface area contributed by atoms with Gasteiger partial charge < -0.3 is 16.0 Å². The van der Waals surface area contributed by atoms with Gasteiger partial charge in [-0.2, -0.15) is 0 Å². The zero-order chi connectivity index (χ0) is 17.8. The molecule has 1 aliphatic carbocycles. The van der Waals surface area contributed by atoms with Crippen LogP contribution in [0.5, 0.6) is 0 Å². The van der Waals surface area contributed by atoms with E-state index in [2.05, 4.69) is 16.4 Å². The fourth-order valence-corrected chi connectivity index (χ4v) is 3.97. The van der Waals surface area contributed by atoms with Crippen molar-refractivity contribution in [1.29, 1.82) is 0 Å². The summed E-state index contributed by atoms with van der Waals surface area (Å²) in [5.41, 5.74) is 6.32. The maximum absolute atomic E-state index is 12.3. The highest BCUT2D eigenvalue weighted by molar-refractivity contribution is 7.09. The summed E-state index contributed by atoms with van der Waals surface area (Å²) in [7, 11) is 0. The molecule has 2 aromatic heterocycles. The molecular weight excluding hydrogens is 338 g/mol. The van der Waals surface area contributed by atoms with Crippen molar-refractivity contribution in [3.8, 4) is 0 Å². The minimum Gasteiger partial charge on any atom is -0.365 e. The second-order valence-corrected chi connectivity index (χ2v) is 7.29. The van der Waals surface area contributed by atoms with E-state index in [0.717, 1.165) is 43.4 Å². The number of hydrogen-bond donors (Lipinski definition) is 3. The minimum absolute atomic E-state index is 0.0127. The number of pyridine rings is 1. The number of rotatable bonds is 6. The number of aromatic nitrogens is 1. The Morgan fingerprint density at radius 1 is 1.40 bits per heavy atom. The molecule has 1 atom stereocenters. The lowest BCUT2D eigenvalue weighted by molar-refractivity contribution is -0.122. The number of nitrogens with two attached hydrogens (primary N) is 1. The van der Waals surface area contributed by atoms with Gasteiger partial charge in [-0.15, -0.1) is 11.3 Å². The molecule has 2 aromatic rings. The summed E-state index contributed by atoms with van der Waals surface area (Å²) in [6, 6.07) is 5.43. The van der Waals surface area contributed by atoms with Gasteiger partial charge in [0.1, 0.15) is 5.56 Å². The first kappa shape index (κ1) is 17.4. The molecule has 25 heavy (non-hydrogen) atoms. The highest BCUT2D eigenvalue weighted by Crippen LogP contribution is 2.28. The smallest absolute Gasteiger partial charge is 0.261 e. The summed E-state index contributed by atoms with van der Waals surface area (Å²) >= 11 is 1.70. The van der Waals surface area contributed by atoms with Crippen LogP contribution in [0.15, 0.2) is 28.4 Å². The third-order valence-electron chi connectivity index (χ3n) is 4.46. The first-order valence-electron chi connectivity index (χ1n) is 8.42. The summed E-state index contributed by atoms with van der Waals surface area (Å²) in [4.78, 5) is 39.6. The molecule has 6 nitrogen and oxygen atoms in total. The summed E-state index contributed by atoms with van der Waals surface area (Å²) in [5, 5.41) is 5.06. The third kappa shape index (κ3) is 4.17. The number of carbonyl (C=O) groups is 2. The van der Waals surface area contributed by atoms with Gasteiger partial charge >= 0.3 is 0 Å². The van der Waals surface area contributed by atoms with Gasteiger partial charge in [-0.25, -0.2) is 0 Å². The van der Waals surface area contributed by atoms with Gasteiger partial charge in [0.05, 0.1) is 6.04 Å². The van der Waals surface area contributed by atoms with Crippen LogP contribution in [0.4, 0.5) is 0 Å². The number of H-pyrrole nitrogens is 1. The fourth-order valence-electron chi connectivity index (χ4n) is 3.22. The van der Waals surface area contributed by atoms with Crippen molar-refractivity contribution in [2.45, 2.75) is 44.6 Å². The van der Waals surface area contributed by atoms with E-state index >= 15 is 0 Å². The second-order valence-electron chi connectivity index (χ2n) is 6.26. The van der Waals surface area contributed by atoms with E-state index in [9.17, 15) is 14.4 Å².